The zero-order valence-electron chi connectivity index (χ0n) is 9.79. The van der Waals surface area contributed by atoms with Crippen LogP contribution in [0.4, 0.5) is 4.39 Å². The van der Waals surface area contributed by atoms with E-state index in [1.54, 1.807) is 6.07 Å². The number of halogens is 1. The first kappa shape index (κ1) is 11.4. The van der Waals surface area contributed by atoms with Crippen LogP contribution in [0, 0.1) is 5.82 Å². The maximum Gasteiger partial charge on any atom is 0.165 e. The van der Waals surface area contributed by atoms with Gasteiger partial charge in [0.15, 0.2) is 11.6 Å². The van der Waals surface area contributed by atoms with Gasteiger partial charge in [-0.25, -0.2) is 4.39 Å². The van der Waals surface area contributed by atoms with Gasteiger partial charge in [-0.05, 0) is 25.5 Å². The lowest BCUT2D eigenvalue weighted by Gasteiger charge is -2.22. The smallest absolute Gasteiger partial charge is 0.165 e. The van der Waals surface area contributed by atoms with Gasteiger partial charge in [-0.3, -0.25) is 0 Å². The zero-order valence-corrected chi connectivity index (χ0v) is 9.79. The topological polar surface area (TPSA) is 21.3 Å². The van der Waals surface area contributed by atoms with Crippen molar-refractivity contribution in [1.29, 1.82) is 0 Å². The predicted octanol–water partition coefficient (Wildman–Crippen LogP) is 2.69. The quantitative estimate of drug-likeness (QED) is 0.850. The first-order valence-corrected chi connectivity index (χ1v) is 5.80. The fourth-order valence-corrected chi connectivity index (χ4v) is 2.45. The molecule has 1 N–H and O–H groups in total. The Bertz CT molecular complexity index is 361. The third-order valence-electron chi connectivity index (χ3n) is 3.39. The molecule has 1 aromatic rings. The number of methoxy groups -OCH3 is 1. The SMILES string of the molecule is COc1c(F)cccc1C(C)C1CCCN1. The van der Waals surface area contributed by atoms with Gasteiger partial charge < -0.3 is 10.1 Å². The van der Waals surface area contributed by atoms with Gasteiger partial charge in [-0.1, -0.05) is 19.1 Å². The van der Waals surface area contributed by atoms with Gasteiger partial charge in [0.2, 0.25) is 0 Å². The van der Waals surface area contributed by atoms with Gasteiger partial charge in [-0.15, -0.1) is 0 Å². The third kappa shape index (κ3) is 2.05. The van der Waals surface area contributed by atoms with E-state index in [1.165, 1.54) is 19.6 Å². The van der Waals surface area contributed by atoms with E-state index in [4.69, 9.17) is 4.74 Å². The molecule has 2 rings (SSSR count). The predicted molar refractivity (Wildman–Crippen MR) is 62.4 cm³/mol. The molecule has 0 aromatic heterocycles. The maximum absolute atomic E-state index is 13.6. The second-order valence-corrected chi connectivity index (χ2v) is 4.35. The molecule has 0 radical (unpaired) electrons. The Morgan fingerprint density at radius 3 is 2.94 bits per heavy atom. The summed E-state index contributed by atoms with van der Waals surface area (Å²) < 4.78 is 18.7. The Morgan fingerprint density at radius 1 is 1.50 bits per heavy atom. The second kappa shape index (κ2) is 4.83. The summed E-state index contributed by atoms with van der Waals surface area (Å²) in [5.74, 6) is 0.404. The van der Waals surface area contributed by atoms with Crippen LogP contribution in [0.3, 0.4) is 0 Å². The van der Waals surface area contributed by atoms with Crippen molar-refractivity contribution in [1.82, 2.24) is 5.32 Å². The molecule has 1 fully saturated rings. The van der Waals surface area contributed by atoms with E-state index in [2.05, 4.69) is 12.2 Å². The van der Waals surface area contributed by atoms with Crippen LogP contribution in [-0.2, 0) is 0 Å². The standard InChI is InChI=1S/C13H18FNO/c1-9(12-7-4-8-15-12)10-5-3-6-11(14)13(10)16-2/h3,5-6,9,12,15H,4,7-8H2,1-2H3. The van der Waals surface area contributed by atoms with Crippen LogP contribution in [0.1, 0.15) is 31.2 Å². The molecular weight excluding hydrogens is 205 g/mol. The number of nitrogens with one attached hydrogen (secondary N) is 1. The molecule has 2 unspecified atom stereocenters. The second-order valence-electron chi connectivity index (χ2n) is 4.35. The third-order valence-corrected chi connectivity index (χ3v) is 3.39. The molecule has 0 spiro atoms. The van der Waals surface area contributed by atoms with Crippen molar-refractivity contribution in [2.45, 2.75) is 31.7 Å². The maximum atomic E-state index is 13.6. The van der Waals surface area contributed by atoms with Crippen LogP contribution in [0.15, 0.2) is 18.2 Å². The minimum absolute atomic E-state index is 0.273. The van der Waals surface area contributed by atoms with Gasteiger partial charge in [-0.2, -0.15) is 0 Å². The highest BCUT2D eigenvalue weighted by atomic mass is 19.1. The molecular formula is C13H18FNO. The van der Waals surface area contributed by atoms with Gasteiger partial charge in [0, 0.05) is 17.5 Å². The van der Waals surface area contributed by atoms with E-state index >= 15 is 0 Å². The molecule has 1 saturated heterocycles. The average Bonchev–Trinajstić information content (AvgIpc) is 2.81. The fourth-order valence-electron chi connectivity index (χ4n) is 2.45. The molecule has 2 nitrogen and oxygen atoms in total. The Morgan fingerprint density at radius 2 is 2.31 bits per heavy atom. The van der Waals surface area contributed by atoms with Crippen LogP contribution in [0.5, 0.6) is 5.75 Å². The van der Waals surface area contributed by atoms with Crippen molar-refractivity contribution >= 4 is 0 Å². The highest BCUT2D eigenvalue weighted by Gasteiger charge is 2.25. The van der Waals surface area contributed by atoms with E-state index in [0.29, 0.717) is 11.8 Å². The van der Waals surface area contributed by atoms with Crippen LogP contribution in [-0.4, -0.2) is 19.7 Å². The average molecular weight is 223 g/mol. The lowest BCUT2D eigenvalue weighted by molar-refractivity contribution is 0.373. The number of hydrogen-bond acceptors (Lipinski definition) is 2. The minimum atomic E-state index is -0.273. The molecule has 0 bridgehead atoms. The van der Waals surface area contributed by atoms with E-state index in [1.807, 2.05) is 6.07 Å². The molecule has 0 amide bonds. The Labute approximate surface area is 95.8 Å². The van der Waals surface area contributed by atoms with Gasteiger partial charge in [0.1, 0.15) is 0 Å². The van der Waals surface area contributed by atoms with Gasteiger partial charge in [0.25, 0.3) is 0 Å². The number of benzene rings is 1. The minimum Gasteiger partial charge on any atom is -0.493 e. The van der Waals surface area contributed by atoms with Crippen LogP contribution >= 0.6 is 0 Å². The number of para-hydroxylation sites is 1. The van der Waals surface area contributed by atoms with Gasteiger partial charge in [0.05, 0.1) is 7.11 Å². The van der Waals surface area contributed by atoms with Crippen LogP contribution in [0.25, 0.3) is 0 Å². The highest BCUT2D eigenvalue weighted by molar-refractivity contribution is 5.38. The van der Waals surface area contributed by atoms with Crippen LogP contribution in [0.2, 0.25) is 0 Å². The lowest BCUT2D eigenvalue weighted by Crippen LogP contribution is -2.27. The molecule has 16 heavy (non-hydrogen) atoms. The van der Waals surface area contributed by atoms with Crippen molar-refractivity contribution in [3.63, 3.8) is 0 Å². The molecule has 0 saturated carbocycles. The molecule has 0 aliphatic carbocycles. The number of hydrogen-bond donors (Lipinski definition) is 1. The van der Waals surface area contributed by atoms with E-state index < -0.39 is 0 Å². The van der Waals surface area contributed by atoms with Crippen molar-refractivity contribution in [3.05, 3.63) is 29.6 Å². The first-order chi connectivity index (χ1) is 7.74. The normalized spacial score (nSPS) is 22.1. The largest absolute Gasteiger partial charge is 0.493 e. The van der Waals surface area contributed by atoms with E-state index in [9.17, 15) is 4.39 Å². The summed E-state index contributed by atoms with van der Waals surface area (Å²) in [7, 11) is 1.52. The van der Waals surface area contributed by atoms with Crippen molar-refractivity contribution in [2.75, 3.05) is 13.7 Å². The van der Waals surface area contributed by atoms with Gasteiger partial charge >= 0.3 is 0 Å². The molecule has 1 aliphatic rings. The summed E-state index contributed by atoms with van der Waals surface area (Å²) in [6.07, 6.45) is 2.35. The first-order valence-electron chi connectivity index (χ1n) is 5.80. The van der Waals surface area contributed by atoms with E-state index in [-0.39, 0.29) is 11.7 Å². The molecule has 2 atom stereocenters. The lowest BCUT2D eigenvalue weighted by atomic mass is 9.91. The van der Waals surface area contributed by atoms with Crippen molar-refractivity contribution in [3.8, 4) is 5.75 Å². The number of ether oxygens (including phenoxy) is 1. The Balaban J connectivity index is 2.27. The zero-order chi connectivity index (χ0) is 11.5. The molecule has 3 heteroatoms. The summed E-state index contributed by atoms with van der Waals surface area (Å²) in [5, 5.41) is 3.45. The molecule has 88 valence electrons. The monoisotopic (exact) mass is 223 g/mol. The Kier molecular flexibility index (Phi) is 3.44. The highest BCUT2D eigenvalue weighted by Crippen LogP contribution is 2.33. The van der Waals surface area contributed by atoms with Crippen molar-refractivity contribution < 1.29 is 9.13 Å². The van der Waals surface area contributed by atoms with Crippen molar-refractivity contribution in [2.24, 2.45) is 0 Å². The fraction of sp³-hybridized carbons (Fsp3) is 0.538. The molecule has 1 heterocycles. The van der Waals surface area contributed by atoms with E-state index in [0.717, 1.165) is 18.5 Å². The van der Waals surface area contributed by atoms with Crippen LogP contribution < -0.4 is 10.1 Å². The summed E-state index contributed by atoms with van der Waals surface area (Å²) in [6.45, 7) is 3.19. The molecule has 1 aliphatic heterocycles. The summed E-state index contributed by atoms with van der Waals surface area (Å²) in [6, 6.07) is 5.58. The molecule has 1 aromatic carbocycles. The summed E-state index contributed by atoms with van der Waals surface area (Å²) in [4.78, 5) is 0. The summed E-state index contributed by atoms with van der Waals surface area (Å²) >= 11 is 0. The number of rotatable bonds is 3. The Hall–Kier alpha value is -1.09. The summed E-state index contributed by atoms with van der Waals surface area (Å²) in [5.41, 5.74) is 0.960.